The van der Waals surface area contributed by atoms with Gasteiger partial charge in [-0.1, -0.05) is 24.3 Å². The maximum atomic E-state index is 11.9. The van der Waals surface area contributed by atoms with Crippen LogP contribution in [0.3, 0.4) is 0 Å². The van der Waals surface area contributed by atoms with Gasteiger partial charge in [-0.2, -0.15) is 0 Å². The first-order valence-corrected chi connectivity index (χ1v) is 6.53. The van der Waals surface area contributed by atoms with Gasteiger partial charge in [-0.05, 0) is 24.0 Å². The summed E-state index contributed by atoms with van der Waals surface area (Å²) in [6.07, 6.45) is 1.56. The third-order valence-corrected chi connectivity index (χ3v) is 4.23. The molecule has 0 saturated carbocycles. The lowest BCUT2D eigenvalue weighted by atomic mass is 9.89. The monoisotopic (exact) mass is 406 g/mol. The van der Waals surface area contributed by atoms with Gasteiger partial charge in [0.1, 0.15) is 5.54 Å². The lowest BCUT2D eigenvalue weighted by Gasteiger charge is -2.41. The zero-order chi connectivity index (χ0) is 12.6. The van der Waals surface area contributed by atoms with Crippen LogP contribution in [-0.2, 0) is 16.8 Å². The molecule has 0 aromatic heterocycles. The van der Waals surface area contributed by atoms with Crippen LogP contribution in [0.15, 0.2) is 24.3 Å². The second-order valence-corrected chi connectivity index (χ2v) is 5.06. The smallest absolute Gasteiger partial charge is 0.328 e. The number of carboxylic acid groups (broad SMARTS) is 1. The number of hydrogen-bond acceptors (Lipinski definition) is 3. The quantitative estimate of drug-likeness (QED) is 0.786. The van der Waals surface area contributed by atoms with Gasteiger partial charge in [-0.15, -0.1) is 34.0 Å². The summed E-state index contributed by atoms with van der Waals surface area (Å²) in [6.45, 7) is 3.36. The van der Waals surface area contributed by atoms with Crippen LogP contribution in [0.4, 0.5) is 0 Å². The fourth-order valence-electron chi connectivity index (χ4n) is 3.32. The number of piperazine rings is 1. The Labute approximate surface area is 140 Å². The van der Waals surface area contributed by atoms with Gasteiger partial charge in [0.05, 0.1) is 0 Å². The fraction of sp³-hybridized carbons (Fsp3) is 0.500. The summed E-state index contributed by atoms with van der Waals surface area (Å²) in [5, 5.41) is 13.1. The molecule has 0 radical (unpaired) electrons. The molecule has 112 valence electrons. The zero-order valence-electron chi connectivity index (χ0n) is 11.2. The highest BCUT2D eigenvalue weighted by Crippen LogP contribution is 2.42. The number of aliphatic carboxylic acids is 1. The van der Waals surface area contributed by atoms with Gasteiger partial charge in [0, 0.05) is 26.2 Å². The highest BCUT2D eigenvalue weighted by molar-refractivity contribution is 8.93. The van der Waals surface area contributed by atoms with Crippen LogP contribution < -0.4 is 5.32 Å². The molecule has 1 aromatic rings. The number of carboxylic acids is 1. The molecule has 0 bridgehead atoms. The number of hydrogen-bond donors (Lipinski definition) is 2. The second-order valence-electron chi connectivity index (χ2n) is 5.06. The van der Waals surface area contributed by atoms with Crippen molar-refractivity contribution < 1.29 is 9.90 Å². The molecule has 6 heteroatoms. The molecule has 1 aromatic carbocycles. The molecule has 0 unspecified atom stereocenters. The molecule has 0 spiro atoms. The van der Waals surface area contributed by atoms with E-state index in [9.17, 15) is 9.90 Å². The van der Waals surface area contributed by atoms with Gasteiger partial charge in [-0.25, -0.2) is 4.79 Å². The minimum Gasteiger partial charge on any atom is -0.480 e. The summed E-state index contributed by atoms with van der Waals surface area (Å²) in [7, 11) is 0. The normalized spacial score (nSPS) is 25.2. The number of carbonyl (C=O) groups is 1. The predicted octanol–water partition coefficient (Wildman–Crippen LogP) is 1.97. The Balaban J connectivity index is 0.000001000. The van der Waals surface area contributed by atoms with Gasteiger partial charge in [0.2, 0.25) is 0 Å². The van der Waals surface area contributed by atoms with Crippen LogP contribution in [0.2, 0.25) is 0 Å². The minimum absolute atomic E-state index is 0. The van der Waals surface area contributed by atoms with Crippen LogP contribution in [-0.4, -0.2) is 42.2 Å². The number of rotatable bonds is 2. The highest BCUT2D eigenvalue weighted by atomic mass is 79.9. The van der Waals surface area contributed by atoms with E-state index in [1.165, 1.54) is 5.56 Å². The van der Waals surface area contributed by atoms with Crippen molar-refractivity contribution in [1.29, 1.82) is 0 Å². The molecule has 1 aliphatic heterocycles. The van der Waals surface area contributed by atoms with Gasteiger partial charge in [-0.3, -0.25) is 4.90 Å². The molecule has 2 N–H and O–H groups in total. The summed E-state index contributed by atoms with van der Waals surface area (Å²) in [5.41, 5.74) is 1.40. The van der Waals surface area contributed by atoms with Crippen molar-refractivity contribution in [3.8, 4) is 0 Å². The number of nitrogens with zero attached hydrogens (tertiary/aromatic N) is 1. The Bertz CT molecular complexity index is 478. The Morgan fingerprint density at radius 2 is 1.85 bits per heavy atom. The Morgan fingerprint density at radius 3 is 2.50 bits per heavy atom. The summed E-state index contributed by atoms with van der Waals surface area (Å²) in [4.78, 5) is 14.1. The molecule has 1 saturated heterocycles. The first-order valence-electron chi connectivity index (χ1n) is 6.53. The van der Waals surface area contributed by atoms with Crippen molar-refractivity contribution in [2.24, 2.45) is 0 Å². The topological polar surface area (TPSA) is 52.6 Å². The maximum Gasteiger partial charge on any atom is 0.328 e. The molecule has 3 rings (SSSR count). The molecule has 1 atom stereocenters. The van der Waals surface area contributed by atoms with Crippen LogP contribution in [0.1, 0.15) is 17.5 Å². The number of nitrogens with one attached hydrogen (secondary N) is 1. The molecular formula is C14H20Br2N2O2. The highest BCUT2D eigenvalue weighted by Gasteiger charge is 2.50. The van der Waals surface area contributed by atoms with Crippen LogP contribution in [0.5, 0.6) is 0 Å². The van der Waals surface area contributed by atoms with Crippen molar-refractivity contribution in [1.82, 2.24) is 10.2 Å². The molecule has 1 heterocycles. The van der Waals surface area contributed by atoms with E-state index in [0.29, 0.717) is 6.42 Å². The SMILES string of the molecule is Br.Br.O=C(O)[C@]1(N2CCNCC2)CCc2ccccc21. The van der Waals surface area contributed by atoms with E-state index in [2.05, 4.69) is 16.3 Å². The van der Waals surface area contributed by atoms with Gasteiger partial charge >= 0.3 is 5.97 Å². The Hall–Kier alpha value is -0.430. The number of fused-ring (bicyclic) bond motifs is 1. The summed E-state index contributed by atoms with van der Waals surface area (Å²) in [5.74, 6) is -0.700. The van der Waals surface area contributed by atoms with Gasteiger partial charge in [0.25, 0.3) is 0 Å². The summed E-state index contributed by atoms with van der Waals surface area (Å²) in [6, 6.07) is 7.99. The molecule has 1 fully saturated rings. The molecule has 1 aliphatic carbocycles. The zero-order valence-corrected chi connectivity index (χ0v) is 14.6. The number of aryl methyl sites for hydroxylation is 1. The van der Waals surface area contributed by atoms with Gasteiger partial charge < -0.3 is 10.4 Å². The molecule has 20 heavy (non-hydrogen) atoms. The average molecular weight is 408 g/mol. The lowest BCUT2D eigenvalue weighted by molar-refractivity contribution is -0.153. The molecule has 0 amide bonds. The van der Waals surface area contributed by atoms with Crippen molar-refractivity contribution in [2.45, 2.75) is 18.4 Å². The molecule has 2 aliphatic rings. The Morgan fingerprint density at radius 1 is 1.20 bits per heavy atom. The van der Waals surface area contributed by atoms with E-state index < -0.39 is 11.5 Å². The minimum atomic E-state index is -0.793. The van der Waals surface area contributed by atoms with E-state index in [4.69, 9.17) is 0 Å². The molecule has 4 nitrogen and oxygen atoms in total. The number of halogens is 2. The second kappa shape index (κ2) is 7.02. The predicted molar refractivity (Wildman–Crippen MR) is 89.2 cm³/mol. The van der Waals surface area contributed by atoms with E-state index in [0.717, 1.165) is 38.2 Å². The van der Waals surface area contributed by atoms with E-state index >= 15 is 0 Å². The third-order valence-electron chi connectivity index (χ3n) is 4.23. The largest absolute Gasteiger partial charge is 0.480 e. The van der Waals surface area contributed by atoms with Gasteiger partial charge in [0.15, 0.2) is 0 Å². The fourth-order valence-corrected chi connectivity index (χ4v) is 3.32. The van der Waals surface area contributed by atoms with Crippen LogP contribution >= 0.6 is 34.0 Å². The van der Waals surface area contributed by atoms with Crippen molar-refractivity contribution >= 4 is 39.9 Å². The average Bonchev–Trinajstić information content (AvgIpc) is 2.80. The maximum absolute atomic E-state index is 11.9. The van der Waals surface area contributed by atoms with Crippen LogP contribution in [0, 0.1) is 0 Å². The first-order chi connectivity index (χ1) is 8.75. The molecular weight excluding hydrogens is 388 g/mol. The van der Waals surface area contributed by atoms with Crippen molar-refractivity contribution in [3.05, 3.63) is 35.4 Å². The van der Waals surface area contributed by atoms with E-state index in [1.54, 1.807) is 0 Å². The first kappa shape index (κ1) is 17.6. The van der Waals surface area contributed by atoms with Crippen LogP contribution in [0.25, 0.3) is 0 Å². The number of benzene rings is 1. The van der Waals surface area contributed by atoms with Crippen molar-refractivity contribution in [2.75, 3.05) is 26.2 Å². The lowest BCUT2D eigenvalue weighted by Crippen LogP contribution is -2.57. The third kappa shape index (κ3) is 2.66. The Kier molecular flexibility index (Phi) is 6.19. The summed E-state index contributed by atoms with van der Waals surface area (Å²) >= 11 is 0. The summed E-state index contributed by atoms with van der Waals surface area (Å²) < 4.78 is 0. The van der Waals surface area contributed by atoms with Crippen molar-refractivity contribution in [3.63, 3.8) is 0 Å². The van der Waals surface area contributed by atoms with E-state index in [-0.39, 0.29) is 34.0 Å². The standard InChI is InChI=1S/C14H18N2O2.2BrH/c17-13(18)14(16-9-7-15-8-10-16)6-5-11-3-1-2-4-12(11)14;;/h1-4,15H,5-10H2,(H,17,18);2*1H/t14-;;/m0../s1. The van der Waals surface area contributed by atoms with E-state index in [1.807, 2.05) is 18.2 Å².